The molecule has 2 aliphatic rings. The van der Waals surface area contributed by atoms with Crippen LogP contribution in [-0.2, 0) is 14.3 Å². The highest BCUT2D eigenvalue weighted by Crippen LogP contribution is 2.37. The average Bonchev–Trinajstić information content (AvgIpc) is 2.94. The van der Waals surface area contributed by atoms with Crippen LogP contribution in [0.3, 0.4) is 0 Å². The molecule has 6 nitrogen and oxygen atoms in total. The second-order valence-electron chi connectivity index (χ2n) is 6.90. The fourth-order valence-electron chi connectivity index (χ4n) is 3.86. The Bertz CT molecular complexity index is 394. The lowest BCUT2D eigenvalue weighted by atomic mass is 9.86. The quantitative estimate of drug-likeness (QED) is 0.717. The van der Waals surface area contributed by atoms with Crippen molar-refractivity contribution in [1.82, 2.24) is 10.2 Å². The van der Waals surface area contributed by atoms with Crippen LogP contribution in [-0.4, -0.2) is 56.6 Å². The van der Waals surface area contributed by atoms with Gasteiger partial charge >= 0.3 is 0 Å². The Morgan fingerprint density at radius 2 is 2.05 bits per heavy atom. The molecule has 0 unspecified atom stereocenters. The highest BCUT2D eigenvalue weighted by atomic mass is 16.5. The van der Waals surface area contributed by atoms with E-state index in [1.165, 1.54) is 12.8 Å². The molecule has 22 heavy (non-hydrogen) atoms. The largest absolute Gasteiger partial charge is 0.384 e. The molecule has 1 aliphatic heterocycles. The number of hydrogen-bond donors (Lipinski definition) is 2. The number of piperidine rings is 1. The Morgan fingerprint density at radius 1 is 1.32 bits per heavy atom. The highest BCUT2D eigenvalue weighted by molar-refractivity contribution is 5.79. The molecule has 1 atom stereocenters. The number of ether oxygens (including phenoxy) is 1. The summed E-state index contributed by atoms with van der Waals surface area (Å²) in [6, 6.07) is 0. The van der Waals surface area contributed by atoms with E-state index in [0.717, 1.165) is 32.2 Å². The second-order valence-corrected chi connectivity index (χ2v) is 6.90. The summed E-state index contributed by atoms with van der Waals surface area (Å²) in [5, 5.41) is 3.13. The lowest BCUT2D eigenvalue weighted by Crippen LogP contribution is -2.47. The van der Waals surface area contributed by atoms with Gasteiger partial charge in [-0.15, -0.1) is 0 Å². The van der Waals surface area contributed by atoms with E-state index in [1.807, 2.05) is 4.90 Å². The minimum Gasteiger partial charge on any atom is -0.384 e. The maximum absolute atomic E-state index is 12.4. The van der Waals surface area contributed by atoms with Gasteiger partial charge in [-0.1, -0.05) is 12.8 Å². The van der Waals surface area contributed by atoms with Crippen LogP contribution in [0.1, 0.15) is 38.5 Å². The van der Waals surface area contributed by atoms with E-state index in [1.54, 1.807) is 7.11 Å². The van der Waals surface area contributed by atoms with Crippen LogP contribution in [0.25, 0.3) is 0 Å². The Balaban J connectivity index is 1.82. The van der Waals surface area contributed by atoms with E-state index in [2.05, 4.69) is 5.32 Å². The van der Waals surface area contributed by atoms with Gasteiger partial charge in [0.2, 0.25) is 11.8 Å². The minimum atomic E-state index is -0.328. The van der Waals surface area contributed by atoms with Crippen LogP contribution in [0.4, 0.5) is 0 Å². The Labute approximate surface area is 132 Å². The van der Waals surface area contributed by atoms with Gasteiger partial charge in [0.25, 0.3) is 0 Å². The number of nitrogens with zero attached hydrogens (tertiary/aromatic N) is 1. The van der Waals surface area contributed by atoms with Crippen molar-refractivity contribution >= 4 is 11.8 Å². The third-order valence-corrected chi connectivity index (χ3v) is 5.01. The first-order valence-corrected chi connectivity index (χ1v) is 8.32. The molecular weight excluding hydrogens is 282 g/mol. The van der Waals surface area contributed by atoms with Gasteiger partial charge in [-0.05, 0) is 32.2 Å². The summed E-state index contributed by atoms with van der Waals surface area (Å²) in [5.74, 6) is -0.253. The van der Waals surface area contributed by atoms with E-state index in [4.69, 9.17) is 10.5 Å². The smallest absolute Gasteiger partial charge is 0.231 e. The predicted molar refractivity (Wildman–Crippen MR) is 84.1 cm³/mol. The van der Waals surface area contributed by atoms with Crippen LogP contribution >= 0.6 is 0 Å². The number of likely N-dealkylation sites (tertiary alicyclic amines) is 1. The monoisotopic (exact) mass is 311 g/mol. The summed E-state index contributed by atoms with van der Waals surface area (Å²) < 4.78 is 5.36. The number of nitrogens with one attached hydrogen (secondary N) is 1. The van der Waals surface area contributed by atoms with Gasteiger partial charge in [0.15, 0.2) is 0 Å². The number of carbonyl (C=O) groups is 2. The van der Waals surface area contributed by atoms with Crippen molar-refractivity contribution in [2.75, 3.05) is 39.9 Å². The predicted octanol–water partition coefficient (Wildman–Crippen LogP) is 0.507. The molecule has 0 bridgehead atoms. The van der Waals surface area contributed by atoms with Crippen LogP contribution < -0.4 is 11.1 Å². The zero-order valence-electron chi connectivity index (χ0n) is 13.6. The molecule has 0 aromatic carbocycles. The Morgan fingerprint density at radius 3 is 2.68 bits per heavy atom. The molecule has 6 heteroatoms. The number of hydrogen-bond acceptors (Lipinski definition) is 4. The first-order valence-electron chi connectivity index (χ1n) is 8.32. The van der Waals surface area contributed by atoms with Crippen molar-refractivity contribution < 1.29 is 14.3 Å². The van der Waals surface area contributed by atoms with E-state index in [-0.39, 0.29) is 29.7 Å². The molecule has 126 valence electrons. The Hall–Kier alpha value is -1.14. The first kappa shape index (κ1) is 17.2. The van der Waals surface area contributed by atoms with Crippen LogP contribution in [0, 0.1) is 11.3 Å². The number of carbonyl (C=O) groups excluding carboxylic acids is 2. The summed E-state index contributed by atoms with van der Waals surface area (Å²) in [5.41, 5.74) is 5.36. The summed E-state index contributed by atoms with van der Waals surface area (Å²) in [4.78, 5) is 25.4. The van der Waals surface area contributed by atoms with Gasteiger partial charge in [0.1, 0.15) is 0 Å². The van der Waals surface area contributed by atoms with Crippen molar-refractivity contribution in [3.05, 3.63) is 0 Å². The number of rotatable bonds is 7. The second kappa shape index (κ2) is 7.92. The Kier molecular flexibility index (Phi) is 6.20. The number of amides is 2. The van der Waals surface area contributed by atoms with E-state index >= 15 is 0 Å². The minimum absolute atomic E-state index is 0.0332. The lowest BCUT2D eigenvalue weighted by Gasteiger charge is -2.33. The number of primary amides is 1. The number of nitrogens with two attached hydrogens (primary N) is 1. The van der Waals surface area contributed by atoms with Crippen LogP contribution in [0.2, 0.25) is 0 Å². The van der Waals surface area contributed by atoms with Gasteiger partial charge in [0, 0.05) is 25.6 Å². The summed E-state index contributed by atoms with van der Waals surface area (Å²) in [7, 11) is 1.73. The molecule has 1 aliphatic carbocycles. The van der Waals surface area contributed by atoms with Gasteiger partial charge in [0.05, 0.1) is 19.1 Å². The fourth-order valence-corrected chi connectivity index (χ4v) is 3.86. The van der Waals surface area contributed by atoms with Crippen LogP contribution in [0.15, 0.2) is 0 Å². The van der Waals surface area contributed by atoms with Gasteiger partial charge in [-0.2, -0.15) is 0 Å². The summed E-state index contributed by atoms with van der Waals surface area (Å²) in [6.45, 7) is 3.14. The molecule has 1 heterocycles. The zero-order valence-corrected chi connectivity index (χ0v) is 13.6. The van der Waals surface area contributed by atoms with Crippen molar-refractivity contribution in [3.8, 4) is 0 Å². The molecule has 1 saturated heterocycles. The highest BCUT2D eigenvalue weighted by Gasteiger charge is 2.35. The molecule has 2 rings (SSSR count). The third-order valence-electron chi connectivity index (χ3n) is 5.01. The molecule has 0 aromatic heterocycles. The topological polar surface area (TPSA) is 84.7 Å². The maximum atomic E-state index is 12.4. The molecule has 3 N–H and O–H groups in total. The summed E-state index contributed by atoms with van der Waals surface area (Å²) >= 11 is 0. The van der Waals surface area contributed by atoms with Crippen molar-refractivity contribution in [3.63, 3.8) is 0 Å². The molecule has 1 saturated carbocycles. The molecule has 0 spiro atoms. The van der Waals surface area contributed by atoms with E-state index in [0.29, 0.717) is 19.7 Å². The van der Waals surface area contributed by atoms with E-state index in [9.17, 15) is 9.59 Å². The standard InChI is InChI=1S/C16H29N3O3/c1-22-12-16(6-2-3-7-16)11-18-15(21)13-5-4-8-19(9-13)10-14(17)20/h13H,2-12H2,1H3,(H2,17,20)(H,18,21)/t13-/m0/s1. The van der Waals surface area contributed by atoms with Gasteiger partial charge in [-0.25, -0.2) is 0 Å². The lowest BCUT2D eigenvalue weighted by molar-refractivity contribution is -0.128. The SMILES string of the molecule is COCC1(CNC(=O)[C@H]2CCCN(CC(N)=O)C2)CCCC1. The van der Waals surface area contributed by atoms with E-state index < -0.39 is 0 Å². The summed E-state index contributed by atoms with van der Waals surface area (Å²) in [6.07, 6.45) is 6.51. The molecule has 2 amide bonds. The molecule has 2 fully saturated rings. The third kappa shape index (κ3) is 4.68. The van der Waals surface area contributed by atoms with Crippen molar-refractivity contribution in [2.45, 2.75) is 38.5 Å². The number of methoxy groups -OCH3 is 1. The normalized spacial score (nSPS) is 25.0. The van der Waals surface area contributed by atoms with Crippen LogP contribution in [0.5, 0.6) is 0 Å². The molecule has 0 aromatic rings. The maximum Gasteiger partial charge on any atom is 0.231 e. The molecular formula is C16H29N3O3. The van der Waals surface area contributed by atoms with Gasteiger partial charge in [-0.3, -0.25) is 14.5 Å². The van der Waals surface area contributed by atoms with Crippen molar-refractivity contribution in [2.24, 2.45) is 17.1 Å². The zero-order chi connectivity index (χ0) is 16.0. The van der Waals surface area contributed by atoms with Crippen molar-refractivity contribution in [1.29, 1.82) is 0 Å². The molecule has 0 radical (unpaired) electrons. The van der Waals surface area contributed by atoms with Gasteiger partial charge < -0.3 is 15.8 Å². The first-order chi connectivity index (χ1) is 10.5. The average molecular weight is 311 g/mol. The fraction of sp³-hybridized carbons (Fsp3) is 0.875.